The molecule has 21 heavy (non-hydrogen) atoms. The first-order chi connectivity index (χ1) is 10.2. The van der Waals surface area contributed by atoms with Crippen molar-refractivity contribution in [2.45, 2.75) is 38.4 Å². The maximum Gasteiger partial charge on any atom is 0.0931 e. The van der Waals surface area contributed by atoms with E-state index < -0.39 is 0 Å². The highest BCUT2D eigenvalue weighted by molar-refractivity contribution is 7.16. The first-order valence-corrected chi connectivity index (χ1v) is 8.70. The third-order valence-electron chi connectivity index (χ3n) is 4.32. The van der Waals surface area contributed by atoms with Crippen molar-refractivity contribution < 1.29 is 0 Å². The highest BCUT2D eigenvalue weighted by atomic mass is 35.5. The molecule has 1 aliphatic rings. The van der Waals surface area contributed by atoms with E-state index in [1.807, 2.05) is 6.07 Å². The zero-order valence-electron chi connectivity index (χ0n) is 12.3. The zero-order chi connectivity index (χ0) is 14.8. The Morgan fingerprint density at radius 1 is 1.24 bits per heavy atom. The molecule has 1 aromatic heterocycles. The van der Waals surface area contributed by atoms with Crippen molar-refractivity contribution in [1.29, 1.82) is 0 Å². The van der Waals surface area contributed by atoms with E-state index in [1.54, 1.807) is 11.3 Å². The van der Waals surface area contributed by atoms with E-state index in [1.165, 1.54) is 16.0 Å². The maximum atomic E-state index is 6.43. The van der Waals surface area contributed by atoms with Crippen LogP contribution in [0.4, 0.5) is 0 Å². The summed E-state index contributed by atoms with van der Waals surface area (Å²) in [5, 5.41) is 0. The van der Waals surface area contributed by atoms with Crippen LogP contribution in [0.5, 0.6) is 0 Å². The van der Waals surface area contributed by atoms with Crippen LogP contribution in [0.15, 0.2) is 36.4 Å². The van der Waals surface area contributed by atoms with Gasteiger partial charge in [-0.05, 0) is 36.1 Å². The zero-order valence-corrected chi connectivity index (χ0v) is 13.8. The summed E-state index contributed by atoms with van der Waals surface area (Å²) >= 11 is 7.79. The summed E-state index contributed by atoms with van der Waals surface area (Å²) in [6, 6.07) is 13.2. The minimum Gasteiger partial charge on any atom is -0.326 e. The lowest BCUT2D eigenvalue weighted by molar-refractivity contribution is 0.155. The number of nitrogens with two attached hydrogens (primary N) is 1. The van der Waals surface area contributed by atoms with E-state index in [-0.39, 0.29) is 12.1 Å². The van der Waals surface area contributed by atoms with Crippen LogP contribution in [-0.2, 0) is 13.0 Å². The normalized spacial score (nSPS) is 18.2. The number of thiophene rings is 1. The Bertz CT molecular complexity index is 610. The topological polar surface area (TPSA) is 29.3 Å². The summed E-state index contributed by atoms with van der Waals surface area (Å²) in [5.74, 6) is 0. The fourth-order valence-corrected chi connectivity index (χ4v) is 4.40. The molecular formula is C17H21ClN2S. The summed E-state index contributed by atoms with van der Waals surface area (Å²) in [5.41, 5.74) is 9.34. The van der Waals surface area contributed by atoms with E-state index in [0.717, 1.165) is 30.3 Å². The average Bonchev–Trinajstić information content (AvgIpc) is 2.93. The van der Waals surface area contributed by atoms with Gasteiger partial charge in [0.1, 0.15) is 0 Å². The van der Waals surface area contributed by atoms with Crippen LogP contribution in [0.3, 0.4) is 0 Å². The highest BCUT2D eigenvalue weighted by Crippen LogP contribution is 2.35. The van der Waals surface area contributed by atoms with Gasteiger partial charge in [0, 0.05) is 24.0 Å². The number of benzene rings is 1. The second-order valence-electron chi connectivity index (χ2n) is 5.65. The second kappa shape index (κ2) is 6.49. The van der Waals surface area contributed by atoms with Crippen LogP contribution < -0.4 is 5.73 Å². The van der Waals surface area contributed by atoms with E-state index in [4.69, 9.17) is 17.3 Å². The fourth-order valence-electron chi connectivity index (χ4n) is 3.13. The van der Waals surface area contributed by atoms with Gasteiger partial charge in [0.25, 0.3) is 0 Å². The monoisotopic (exact) mass is 320 g/mol. The van der Waals surface area contributed by atoms with E-state index in [2.05, 4.69) is 42.2 Å². The van der Waals surface area contributed by atoms with Gasteiger partial charge >= 0.3 is 0 Å². The molecule has 2 atom stereocenters. The van der Waals surface area contributed by atoms with E-state index in [9.17, 15) is 0 Å². The molecule has 0 amide bonds. The third kappa shape index (κ3) is 3.16. The first kappa shape index (κ1) is 15.0. The SMILES string of the molecule is CCC(N)C(c1ccc(Cl)s1)N1CCc2ccccc2C1. The summed E-state index contributed by atoms with van der Waals surface area (Å²) in [7, 11) is 0. The van der Waals surface area contributed by atoms with E-state index >= 15 is 0 Å². The van der Waals surface area contributed by atoms with Crippen LogP contribution in [-0.4, -0.2) is 17.5 Å². The highest BCUT2D eigenvalue weighted by Gasteiger charge is 2.29. The Morgan fingerprint density at radius 3 is 2.67 bits per heavy atom. The Kier molecular flexibility index (Phi) is 4.65. The molecule has 0 fully saturated rings. The average molecular weight is 321 g/mol. The lowest BCUT2D eigenvalue weighted by Crippen LogP contribution is -2.42. The minimum atomic E-state index is 0.143. The molecule has 0 bridgehead atoms. The molecule has 0 radical (unpaired) electrons. The van der Waals surface area contributed by atoms with Gasteiger partial charge in [-0.25, -0.2) is 0 Å². The van der Waals surface area contributed by atoms with Crippen LogP contribution in [0, 0.1) is 0 Å². The summed E-state index contributed by atoms with van der Waals surface area (Å²) in [6.45, 7) is 4.19. The molecule has 2 nitrogen and oxygen atoms in total. The molecule has 0 aliphatic carbocycles. The standard InChI is InChI=1S/C17H21ClN2S/c1-2-14(19)17(15-7-8-16(18)21-15)20-10-9-12-5-3-4-6-13(12)11-20/h3-8,14,17H,2,9-11,19H2,1H3. The summed E-state index contributed by atoms with van der Waals surface area (Å²) < 4.78 is 0.843. The molecule has 0 saturated heterocycles. The lowest BCUT2D eigenvalue weighted by atomic mass is 9.95. The molecule has 0 saturated carbocycles. The van der Waals surface area contributed by atoms with Crippen molar-refractivity contribution in [2.75, 3.05) is 6.54 Å². The Morgan fingerprint density at radius 2 is 2.00 bits per heavy atom. The molecule has 1 aromatic carbocycles. The molecule has 2 heterocycles. The number of halogens is 1. The van der Waals surface area contributed by atoms with Crippen molar-refractivity contribution in [1.82, 2.24) is 4.90 Å². The maximum absolute atomic E-state index is 6.43. The van der Waals surface area contributed by atoms with Crippen LogP contribution in [0.2, 0.25) is 4.34 Å². The Labute approximate surface area is 135 Å². The molecule has 1 aliphatic heterocycles. The molecule has 4 heteroatoms. The number of hydrogen-bond donors (Lipinski definition) is 1. The minimum absolute atomic E-state index is 0.143. The quantitative estimate of drug-likeness (QED) is 0.913. The van der Waals surface area contributed by atoms with Crippen LogP contribution in [0.25, 0.3) is 0 Å². The van der Waals surface area contributed by atoms with Gasteiger partial charge in [0.15, 0.2) is 0 Å². The van der Waals surface area contributed by atoms with Crippen molar-refractivity contribution in [3.8, 4) is 0 Å². The lowest BCUT2D eigenvalue weighted by Gasteiger charge is -2.38. The van der Waals surface area contributed by atoms with Crippen LogP contribution in [0.1, 0.15) is 35.4 Å². The second-order valence-corrected chi connectivity index (χ2v) is 7.39. The van der Waals surface area contributed by atoms with Gasteiger partial charge < -0.3 is 5.73 Å². The predicted molar refractivity (Wildman–Crippen MR) is 90.9 cm³/mol. The predicted octanol–water partition coefficient (Wildman–Crippen LogP) is 4.24. The molecule has 112 valence electrons. The van der Waals surface area contributed by atoms with Gasteiger partial charge in [0.05, 0.1) is 10.4 Å². The number of fused-ring (bicyclic) bond motifs is 1. The van der Waals surface area contributed by atoms with Crippen molar-refractivity contribution >= 4 is 22.9 Å². The fraction of sp³-hybridized carbons (Fsp3) is 0.412. The first-order valence-electron chi connectivity index (χ1n) is 7.50. The summed E-state index contributed by atoms with van der Waals surface area (Å²) in [6.07, 6.45) is 2.07. The molecule has 3 rings (SSSR count). The van der Waals surface area contributed by atoms with Gasteiger partial charge in [-0.2, -0.15) is 0 Å². The Balaban J connectivity index is 1.88. The molecule has 2 N–H and O–H groups in total. The molecule has 2 unspecified atom stereocenters. The number of nitrogens with zero attached hydrogens (tertiary/aromatic N) is 1. The Hall–Kier alpha value is -0.870. The van der Waals surface area contributed by atoms with Gasteiger partial charge in [-0.3, -0.25) is 4.90 Å². The smallest absolute Gasteiger partial charge is 0.0931 e. The number of rotatable bonds is 4. The van der Waals surface area contributed by atoms with Crippen molar-refractivity contribution in [3.63, 3.8) is 0 Å². The number of hydrogen-bond acceptors (Lipinski definition) is 3. The van der Waals surface area contributed by atoms with Gasteiger partial charge in [-0.15, -0.1) is 11.3 Å². The third-order valence-corrected chi connectivity index (χ3v) is 5.62. The largest absolute Gasteiger partial charge is 0.326 e. The van der Waals surface area contributed by atoms with Crippen LogP contribution >= 0.6 is 22.9 Å². The summed E-state index contributed by atoms with van der Waals surface area (Å²) in [4.78, 5) is 3.80. The molecule has 0 spiro atoms. The van der Waals surface area contributed by atoms with E-state index in [0.29, 0.717) is 0 Å². The van der Waals surface area contributed by atoms with Crippen molar-refractivity contribution in [2.24, 2.45) is 5.73 Å². The van der Waals surface area contributed by atoms with Crippen molar-refractivity contribution in [3.05, 3.63) is 56.7 Å². The van der Waals surface area contributed by atoms with Gasteiger partial charge in [0.2, 0.25) is 0 Å². The molecule has 2 aromatic rings. The molecular weight excluding hydrogens is 300 g/mol. The van der Waals surface area contributed by atoms with Gasteiger partial charge in [-0.1, -0.05) is 42.8 Å².